The van der Waals surface area contributed by atoms with E-state index in [0.29, 0.717) is 0 Å². The van der Waals surface area contributed by atoms with E-state index in [2.05, 4.69) is 6.92 Å². The van der Waals surface area contributed by atoms with Crippen molar-refractivity contribution in [1.29, 1.82) is 0 Å². The second-order valence-electron chi connectivity index (χ2n) is 6.69. The molecule has 2 rings (SSSR count). The number of halogens is 1. The van der Waals surface area contributed by atoms with Crippen LogP contribution in [0, 0.1) is 11.7 Å². The second kappa shape index (κ2) is 7.93. The quantitative estimate of drug-likeness (QED) is 0.652. The average molecular weight is 292 g/mol. The molecule has 1 aromatic carbocycles. The zero-order valence-corrected chi connectivity index (χ0v) is 13.3. The molecule has 0 heterocycles. The molecular weight excluding hydrogens is 263 g/mol. The van der Waals surface area contributed by atoms with Crippen LogP contribution in [0.3, 0.4) is 0 Å². The molecule has 1 fully saturated rings. The second-order valence-corrected chi connectivity index (χ2v) is 6.69. The summed E-state index contributed by atoms with van der Waals surface area (Å²) in [4.78, 5) is 0. The lowest BCUT2D eigenvalue weighted by atomic mass is 9.74. The van der Waals surface area contributed by atoms with E-state index < -0.39 is 5.60 Å². The highest BCUT2D eigenvalue weighted by Crippen LogP contribution is 2.41. The molecule has 118 valence electrons. The molecule has 21 heavy (non-hydrogen) atoms. The highest BCUT2D eigenvalue weighted by atomic mass is 19.1. The van der Waals surface area contributed by atoms with Crippen molar-refractivity contribution in [2.45, 2.75) is 76.7 Å². The molecule has 0 unspecified atom stereocenters. The molecule has 0 bridgehead atoms. The zero-order valence-electron chi connectivity index (χ0n) is 13.3. The van der Waals surface area contributed by atoms with E-state index in [0.717, 1.165) is 37.2 Å². The lowest BCUT2D eigenvalue weighted by Gasteiger charge is -2.36. The minimum absolute atomic E-state index is 0.251. The summed E-state index contributed by atoms with van der Waals surface area (Å²) in [6, 6.07) is 6.48. The average Bonchev–Trinajstić information content (AvgIpc) is 2.49. The summed E-state index contributed by atoms with van der Waals surface area (Å²) in [5.74, 6) is 0.499. The molecule has 0 atom stereocenters. The Kier molecular flexibility index (Phi) is 6.22. The van der Waals surface area contributed by atoms with Crippen LogP contribution < -0.4 is 0 Å². The smallest absolute Gasteiger partial charge is 0.123 e. The maximum atomic E-state index is 13.3. The Bertz CT molecular complexity index is 421. The summed E-state index contributed by atoms with van der Waals surface area (Å²) in [6.45, 7) is 2.24. The standard InChI is InChI=1S/C19H29FO/c1-2-3-4-5-6-8-16-11-13-19(21,14-12-16)17-9-7-10-18(20)15-17/h7,9-10,15-16,21H,2-6,8,11-14H2,1H3. The molecule has 0 radical (unpaired) electrons. The number of rotatable bonds is 7. The van der Waals surface area contributed by atoms with Gasteiger partial charge >= 0.3 is 0 Å². The molecule has 1 aliphatic rings. The Morgan fingerprint density at radius 3 is 2.52 bits per heavy atom. The van der Waals surface area contributed by atoms with E-state index in [1.165, 1.54) is 50.7 Å². The third kappa shape index (κ3) is 4.81. The summed E-state index contributed by atoms with van der Waals surface area (Å²) in [6.07, 6.45) is 11.7. The molecule has 1 N–H and O–H groups in total. The molecular formula is C19H29FO. The third-order valence-electron chi connectivity index (χ3n) is 5.01. The first-order valence-corrected chi connectivity index (χ1v) is 8.62. The van der Waals surface area contributed by atoms with Gasteiger partial charge in [0.1, 0.15) is 5.82 Å². The van der Waals surface area contributed by atoms with Crippen LogP contribution in [-0.2, 0) is 5.60 Å². The summed E-state index contributed by atoms with van der Waals surface area (Å²) in [7, 11) is 0. The van der Waals surface area contributed by atoms with Crippen molar-refractivity contribution in [1.82, 2.24) is 0 Å². The number of unbranched alkanes of at least 4 members (excludes halogenated alkanes) is 4. The summed E-state index contributed by atoms with van der Waals surface area (Å²) >= 11 is 0. The normalized spacial score (nSPS) is 26.0. The Balaban J connectivity index is 1.77. The predicted molar refractivity (Wildman–Crippen MR) is 85.6 cm³/mol. The number of hydrogen-bond acceptors (Lipinski definition) is 1. The van der Waals surface area contributed by atoms with Crippen molar-refractivity contribution in [3.8, 4) is 0 Å². The molecule has 0 aromatic heterocycles. The van der Waals surface area contributed by atoms with Crippen molar-refractivity contribution < 1.29 is 9.50 Å². The minimum atomic E-state index is -0.805. The van der Waals surface area contributed by atoms with Gasteiger partial charge in [-0.15, -0.1) is 0 Å². The number of hydrogen-bond donors (Lipinski definition) is 1. The predicted octanol–water partition coefficient (Wildman–Crippen LogP) is 5.56. The molecule has 0 spiro atoms. The van der Waals surface area contributed by atoms with Crippen molar-refractivity contribution in [3.63, 3.8) is 0 Å². The van der Waals surface area contributed by atoms with Gasteiger partial charge < -0.3 is 5.11 Å². The maximum Gasteiger partial charge on any atom is 0.123 e. The van der Waals surface area contributed by atoms with E-state index in [4.69, 9.17) is 0 Å². The lowest BCUT2D eigenvalue weighted by Crippen LogP contribution is -2.31. The molecule has 0 amide bonds. The van der Waals surface area contributed by atoms with E-state index in [-0.39, 0.29) is 5.82 Å². The third-order valence-corrected chi connectivity index (χ3v) is 5.01. The van der Waals surface area contributed by atoms with Crippen LogP contribution in [0.4, 0.5) is 4.39 Å². The van der Waals surface area contributed by atoms with Gasteiger partial charge in [0, 0.05) is 0 Å². The first-order valence-electron chi connectivity index (χ1n) is 8.62. The minimum Gasteiger partial charge on any atom is -0.385 e. The Labute approximate surface area is 128 Å². The first-order chi connectivity index (χ1) is 10.1. The van der Waals surface area contributed by atoms with Gasteiger partial charge in [-0.25, -0.2) is 4.39 Å². The molecule has 0 aliphatic heterocycles. The molecule has 0 saturated heterocycles. The van der Waals surface area contributed by atoms with Crippen molar-refractivity contribution in [2.75, 3.05) is 0 Å². The summed E-state index contributed by atoms with van der Waals surface area (Å²) in [5.41, 5.74) is -0.0511. The fourth-order valence-electron chi connectivity index (χ4n) is 3.55. The molecule has 2 heteroatoms. The van der Waals surface area contributed by atoms with Crippen LogP contribution in [0.1, 0.15) is 76.7 Å². The van der Waals surface area contributed by atoms with Gasteiger partial charge in [0.25, 0.3) is 0 Å². The molecule has 1 aromatic rings. The van der Waals surface area contributed by atoms with Crippen LogP contribution in [0.2, 0.25) is 0 Å². The van der Waals surface area contributed by atoms with Crippen molar-refractivity contribution in [2.24, 2.45) is 5.92 Å². The topological polar surface area (TPSA) is 20.2 Å². The van der Waals surface area contributed by atoms with Crippen LogP contribution in [-0.4, -0.2) is 5.11 Å². The lowest BCUT2D eigenvalue weighted by molar-refractivity contribution is -0.0156. The van der Waals surface area contributed by atoms with Gasteiger partial charge in [0.05, 0.1) is 5.60 Å². The Morgan fingerprint density at radius 2 is 1.86 bits per heavy atom. The molecule has 1 aliphatic carbocycles. The first kappa shape index (κ1) is 16.5. The SMILES string of the molecule is CCCCCCCC1CCC(O)(c2cccc(F)c2)CC1. The number of aliphatic hydroxyl groups is 1. The van der Waals surface area contributed by atoms with Crippen LogP contribution in [0.5, 0.6) is 0 Å². The Hall–Kier alpha value is -0.890. The van der Waals surface area contributed by atoms with Crippen molar-refractivity contribution >= 4 is 0 Å². The van der Waals surface area contributed by atoms with Gasteiger partial charge in [0.15, 0.2) is 0 Å². The molecule has 1 saturated carbocycles. The van der Waals surface area contributed by atoms with Gasteiger partial charge in [-0.2, -0.15) is 0 Å². The zero-order chi connectivity index (χ0) is 15.1. The fourth-order valence-corrected chi connectivity index (χ4v) is 3.55. The summed E-state index contributed by atoms with van der Waals surface area (Å²) < 4.78 is 13.3. The van der Waals surface area contributed by atoms with E-state index in [9.17, 15) is 9.50 Å². The van der Waals surface area contributed by atoms with Gasteiger partial charge in [0.2, 0.25) is 0 Å². The van der Waals surface area contributed by atoms with Crippen LogP contribution in [0.25, 0.3) is 0 Å². The maximum absolute atomic E-state index is 13.3. The van der Waals surface area contributed by atoms with E-state index in [1.54, 1.807) is 6.07 Å². The monoisotopic (exact) mass is 292 g/mol. The van der Waals surface area contributed by atoms with E-state index in [1.807, 2.05) is 6.07 Å². The largest absolute Gasteiger partial charge is 0.385 e. The number of benzene rings is 1. The van der Waals surface area contributed by atoms with Crippen LogP contribution in [0.15, 0.2) is 24.3 Å². The molecule has 1 nitrogen and oxygen atoms in total. The fraction of sp³-hybridized carbons (Fsp3) is 0.684. The van der Waals surface area contributed by atoms with Gasteiger partial charge in [-0.3, -0.25) is 0 Å². The highest BCUT2D eigenvalue weighted by molar-refractivity contribution is 5.23. The van der Waals surface area contributed by atoms with Gasteiger partial charge in [-0.05, 0) is 49.3 Å². The Morgan fingerprint density at radius 1 is 1.14 bits per heavy atom. The van der Waals surface area contributed by atoms with Crippen LogP contribution >= 0.6 is 0 Å². The summed E-state index contributed by atoms with van der Waals surface area (Å²) in [5, 5.41) is 10.8. The van der Waals surface area contributed by atoms with Crippen molar-refractivity contribution in [3.05, 3.63) is 35.6 Å². The van der Waals surface area contributed by atoms with E-state index >= 15 is 0 Å². The highest BCUT2D eigenvalue weighted by Gasteiger charge is 2.34. The van der Waals surface area contributed by atoms with Gasteiger partial charge in [-0.1, -0.05) is 57.6 Å².